The Bertz CT molecular complexity index is 980. The summed E-state index contributed by atoms with van der Waals surface area (Å²) in [4.78, 5) is 37.7. The van der Waals surface area contributed by atoms with Gasteiger partial charge in [-0.05, 0) is 11.4 Å². The van der Waals surface area contributed by atoms with Gasteiger partial charge in [-0.3, -0.25) is 9.36 Å². The van der Waals surface area contributed by atoms with E-state index in [0.717, 1.165) is 18.0 Å². The zero-order chi connectivity index (χ0) is 20.3. The molecule has 5 rings (SSSR count). The van der Waals surface area contributed by atoms with Gasteiger partial charge < -0.3 is 19.4 Å². The van der Waals surface area contributed by atoms with Crippen molar-refractivity contribution in [1.29, 1.82) is 0 Å². The van der Waals surface area contributed by atoms with Crippen LogP contribution in [0, 0.1) is 0 Å². The number of amides is 1. The highest BCUT2D eigenvalue weighted by molar-refractivity contribution is 7.12. The van der Waals surface area contributed by atoms with Crippen LogP contribution in [0.25, 0.3) is 5.95 Å². The number of hydrogen-bond acceptors (Lipinski definition) is 9. The topological polar surface area (TPSA) is 92.5 Å². The van der Waals surface area contributed by atoms with Crippen molar-refractivity contribution in [2.75, 3.05) is 62.3 Å². The van der Waals surface area contributed by atoms with Gasteiger partial charge in [0.25, 0.3) is 5.91 Å². The quantitative estimate of drug-likeness (QED) is 0.608. The minimum absolute atomic E-state index is 0.0911. The van der Waals surface area contributed by atoms with Gasteiger partial charge in [-0.1, -0.05) is 6.07 Å². The molecule has 0 bridgehead atoms. The van der Waals surface area contributed by atoms with Crippen molar-refractivity contribution in [2.45, 2.75) is 0 Å². The fourth-order valence-electron chi connectivity index (χ4n) is 3.55. The number of carbonyl (C=O) groups is 1. The average Bonchev–Trinajstić information content (AvgIpc) is 3.54. The van der Waals surface area contributed by atoms with Crippen LogP contribution >= 0.6 is 11.3 Å². The van der Waals surface area contributed by atoms with E-state index in [0.29, 0.717) is 57.2 Å². The lowest BCUT2D eigenvalue weighted by molar-refractivity contribution is 0.0751. The van der Waals surface area contributed by atoms with Crippen LogP contribution in [0.3, 0.4) is 0 Å². The molecule has 0 unspecified atom stereocenters. The van der Waals surface area contributed by atoms with E-state index in [2.05, 4.69) is 24.8 Å². The third-order valence-corrected chi connectivity index (χ3v) is 6.07. The van der Waals surface area contributed by atoms with Gasteiger partial charge in [0.15, 0.2) is 0 Å². The third kappa shape index (κ3) is 3.85. The molecule has 3 aromatic heterocycles. The summed E-state index contributed by atoms with van der Waals surface area (Å²) >= 11 is 1.48. The number of thiophene rings is 1. The van der Waals surface area contributed by atoms with Gasteiger partial charge >= 0.3 is 0 Å². The minimum atomic E-state index is 0.0911. The fourth-order valence-corrected chi connectivity index (χ4v) is 4.24. The van der Waals surface area contributed by atoms with Gasteiger partial charge in [-0.15, -0.1) is 11.3 Å². The number of morpholine rings is 1. The number of ether oxygens (including phenoxy) is 1. The Morgan fingerprint density at radius 2 is 1.63 bits per heavy atom. The molecule has 11 heteroatoms. The van der Waals surface area contributed by atoms with Gasteiger partial charge in [-0.2, -0.15) is 15.0 Å². The van der Waals surface area contributed by atoms with Gasteiger partial charge in [0.1, 0.15) is 6.33 Å². The van der Waals surface area contributed by atoms with Gasteiger partial charge in [-0.25, -0.2) is 4.98 Å². The molecule has 10 nitrogen and oxygen atoms in total. The van der Waals surface area contributed by atoms with Gasteiger partial charge in [0.05, 0.1) is 18.1 Å². The molecule has 30 heavy (non-hydrogen) atoms. The lowest BCUT2D eigenvalue weighted by atomic mass is 10.3. The Morgan fingerprint density at radius 1 is 0.933 bits per heavy atom. The molecule has 0 radical (unpaired) electrons. The van der Waals surface area contributed by atoms with E-state index in [1.807, 2.05) is 28.6 Å². The number of rotatable bonds is 4. The molecule has 0 spiro atoms. The van der Waals surface area contributed by atoms with E-state index in [-0.39, 0.29) is 5.91 Å². The average molecular weight is 427 g/mol. The summed E-state index contributed by atoms with van der Waals surface area (Å²) in [6, 6.07) is 3.78. The first kappa shape index (κ1) is 18.9. The summed E-state index contributed by atoms with van der Waals surface area (Å²) in [5, 5.41) is 1.93. The Morgan fingerprint density at radius 3 is 2.27 bits per heavy atom. The predicted octanol–water partition coefficient (Wildman–Crippen LogP) is 0.918. The zero-order valence-electron chi connectivity index (χ0n) is 16.4. The molecule has 0 N–H and O–H groups in total. The molecule has 2 saturated heterocycles. The molecule has 2 fully saturated rings. The number of piperazine rings is 1. The maximum absolute atomic E-state index is 12.6. The van der Waals surface area contributed by atoms with Crippen LogP contribution in [-0.2, 0) is 4.74 Å². The smallest absolute Gasteiger partial charge is 0.264 e. The molecular weight excluding hydrogens is 404 g/mol. The van der Waals surface area contributed by atoms with E-state index in [9.17, 15) is 4.79 Å². The highest BCUT2D eigenvalue weighted by Crippen LogP contribution is 2.20. The lowest BCUT2D eigenvalue weighted by Gasteiger charge is -2.35. The van der Waals surface area contributed by atoms with Crippen LogP contribution in [0.1, 0.15) is 9.67 Å². The maximum atomic E-state index is 12.6. The van der Waals surface area contributed by atoms with Crippen LogP contribution in [0.5, 0.6) is 0 Å². The van der Waals surface area contributed by atoms with E-state index >= 15 is 0 Å². The summed E-state index contributed by atoms with van der Waals surface area (Å²) < 4.78 is 7.24. The fraction of sp³-hybridized carbons (Fsp3) is 0.421. The van der Waals surface area contributed by atoms with Crippen molar-refractivity contribution in [2.24, 2.45) is 0 Å². The van der Waals surface area contributed by atoms with Crippen molar-refractivity contribution in [3.05, 3.63) is 41.1 Å². The maximum Gasteiger partial charge on any atom is 0.264 e. The standard InChI is InChI=1S/C19H22N8O2S/c28-16(15-2-1-13-30-15)24-5-7-25(8-6-24)17-21-18(26-9-11-29-12-10-26)23-19(22-17)27-4-3-20-14-27/h1-4,13-14H,5-12H2. The van der Waals surface area contributed by atoms with Crippen LogP contribution in [0.15, 0.2) is 36.2 Å². The molecule has 3 aromatic rings. The summed E-state index contributed by atoms with van der Waals surface area (Å²) in [6.07, 6.45) is 5.20. The molecule has 156 valence electrons. The van der Waals surface area contributed by atoms with Gasteiger partial charge in [0.2, 0.25) is 17.8 Å². The number of nitrogens with zero attached hydrogens (tertiary/aromatic N) is 8. The third-order valence-electron chi connectivity index (χ3n) is 5.21. The van der Waals surface area contributed by atoms with E-state index in [1.54, 1.807) is 17.1 Å². The number of hydrogen-bond donors (Lipinski definition) is 0. The SMILES string of the molecule is O=C(c1cccs1)N1CCN(c2nc(N3CCOCC3)nc(-n3ccnc3)n2)CC1. The number of carbonyl (C=O) groups excluding carboxylic acids is 1. The van der Waals surface area contributed by atoms with Crippen molar-refractivity contribution in [3.63, 3.8) is 0 Å². The largest absolute Gasteiger partial charge is 0.378 e. The Kier molecular flexibility index (Phi) is 5.28. The summed E-state index contributed by atoms with van der Waals surface area (Å²) in [5.41, 5.74) is 0. The zero-order valence-corrected chi connectivity index (χ0v) is 17.2. The summed E-state index contributed by atoms with van der Waals surface area (Å²) in [5.74, 6) is 1.90. The number of imidazole rings is 1. The summed E-state index contributed by atoms with van der Waals surface area (Å²) in [7, 11) is 0. The Hall–Kier alpha value is -3.05. The molecule has 2 aliphatic rings. The highest BCUT2D eigenvalue weighted by Gasteiger charge is 2.26. The van der Waals surface area contributed by atoms with Crippen molar-refractivity contribution >= 4 is 29.1 Å². The van der Waals surface area contributed by atoms with E-state index in [1.165, 1.54) is 11.3 Å². The van der Waals surface area contributed by atoms with Crippen molar-refractivity contribution in [3.8, 4) is 5.95 Å². The Balaban J connectivity index is 1.37. The Labute approximate surface area is 177 Å². The van der Waals surface area contributed by atoms with Gasteiger partial charge in [0, 0.05) is 51.7 Å². The molecule has 0 atom stereocenters. The molecule has 0 aliphatic carbocycles. The monoisotopic (exact) mass is 426 g/mol. The molecule has 1 amide bonds. The molecule has 5 heterocycles. The van der Waals surface area contributed by atoms with Crippen LogP contribution in [0.2, 0.25) is 0 Å². The van der Waals surface area contributed by atoms with Crippen molar-refractivity contribution in [1.82, 2.24) is 29.4 Å². The first-order valence-electron chi connectivity index (χ1n) is 9.93. The van der Waals surface area contributed by atoms with Crippen LogP contribution in [0.4, 0.5) is 11.9 Å². The number of anilines is 2. The second kappa shape index (κ2) is 8.36. The van der Waals surface area contributed by atoms with E-state index in [4.69, 9.17) is 9.72 Å². The second-order valence-corrected chi connectivity index (χ2v) is 8.01. The first-order valence-corrected chi connectivity index (χ1v) is 10.8. The second-order valence-electron chi connectivity index (χ2n) is 7.06. The molecule has 2 aliphatic heterocycles. The molecule has 0 aromatic carbocycles. The summed E-state index contributed by atoms with van der Waals surface area (Å²) in [6.45, 7) is 5.42. The number of aromatic nitrogens is 5. The first-order chi connectivity index (χ1) is 14.8. The highest BCUT2D eigenvalue weighted by atomic mass is 32.1. The molecular formula is C19H22N8O2S. The normalized spacial score (nSPS) is 17.4. The van der Waals surface area contributed by atoms with E-state index < -0.39 is 0 Å². The molecule has 0 saturated carbocycles. The van der Waals surface area contributed by atoms with Crippen molar-refractivity contribution < 1.29 is 9.53 Å². The van der Waals surface area contributed by atoms with Crippen LogP contribution < -0.4 is 9.80 Å². The van der Waals surface area contributed by atoms with Crippen LogP contribution in [-0.4, -0.2) is 87.8 Å². The minimum Gasteiger partial charge on any atom is -0.378 e. The lowest BCUT2D eigenvalue weighted by Crippen LogP contribution is -2.49. The predicted molar refractivity (Wildman–Crippen MR) is 112 cm³/mol.